The van der Waals surface area contributed by atoms with E-state index in [4.69, 9.17) is 0 Å². The highest BCUT2D eigenvalue weighted by Gasteiger charge is 2.48. The Labute approximate surface area is 196 Å². The van der Waals surface area contributed by atoms with Gasteiger partial charge in [0.25, 0.3) is 0 Å². The summed E-state index contributed by atoms with van der Waals surface area (Å²) in [6, 6.07) is 0. The minimum Gasteiger partial charge on any atom is -0.0651 e. The fourth-order valence-corrected chi connectivity index (χ4v) is 9.44. The Morgan fingerprint density at radius 1 is 0.677 bits per heavy atom. The molecular formula is C31H56. The van der Waals surface area contributed by atoms with Crippen LogP contribution in [-0.4, -0.2) is 0 Å². The summed E-state index contributed by atoms with van der Waals surface area (Å²) in [7, 11) is 0. The highest BCUT2D eigenvalue weighted by Crippen LogP contribution is 2.57. The summed E-state index contributed by atoms with van der Waals surface area (Å²) in [6.07, 6.45) is 24.7. The van der Waals surface area contributed by atoms with E-state index in [1.807, 2.05) is 0 Å². The number of hydrogen-bond acceptors (Lipinski definition) is 0. The molecule has 0 aromatic rings. The van der Waals surface area contributed by atoms with Crippen molar-refractivity contribution in [3.8, 4) is 0 Å². The third-order valence-corrected chi connectivity index (χ3v) is 11.1. The Morgan fingerprint density at radius 3 is 2.16 bits per heavy atom. The van der Waals surface area contributed by atoms with E-state index in [9.17, 15) is 0 Å². The minimum absolute atomic E-state index is 0.512. The molecule has 0 bridgehead atoms. The molecule has 0 aromatic heterocycles. The van der Waals surface area contributed by atoms with Crippen molar-refractivity contribution in [2.24, 2.45) is 58.7 Å². The van der Waals surface area contributed by atoms with Crippen LogP contribution in [0.3, 0.4) is 0 Å². The van der Waals surface area contributed by atoms with Gasteiger partial charge in [-0.2, -0.15) is 0 Å². The molecule has 8 atom stereocenters. The predicted octanol–water partition coefficient (Wildman–Crippen LogP) is 9.91. The maximum Gasteiger partial charge on any atom is -0.0326 e. The first-order valence-electron chi connectivity index (χ1n) is 14.9. The zero-order valence-electron chi connectivity index (χ0n) is 22.0. The molecule has 0 spiro atoms. The van der Waals surface area contributed by atoms with E-state index >= 15 is 0 Å². The van der Waals surface area contributed by atoms with E-state index in [-0.39, 0.29) is 0 Å². The highest BCUT2D eigenvalue weighted by molar-refractivity contribution is 4.98. The summed E-state index contributed by atoms with van der Waals surface area (Å²) in [4.78, 5) is 0. The average Bonchev–Trinajstić information content (AvgIpc) is 3.35. The molecule has 31 heavy (non-hydrogen) atoms. The lowest BCUT2D eigenvalue weighted by Gasteiger charge is -2.44. The highest BCUT2D eigenvalue weighted by atomic mass is 14.5. The summed E-state index contributed by atoms with van der Waals surface area (Å²) in [5, 5.41) is 0. The van der Waals surface area contributed by atoms with Gasteiger partial charge in [-0.15, -0.1) is 0 Å². The topological polar surface area (TPSA) is 0 Å². The SMILES string of the molecule is CCC1CC(C)CC1C1CCC(CCC2CCCCC2)C1C1CCCC(C(C)(C)C)C1. The monoisotopic (exact) mass is 428 g/mol. The van der Waals surface area contributed by atoms with Crippen LogP contribution >= 0.6 is 0 Å². The summed E-state index contributed by atoms with van der Waals surface area (Å²) >= 11 is 0. The largest absolute Gasteiger partial charge is 0.0651 e. The van der Waals surface area contributed by atoms with Crippen LogP contribution in [0.1, 0.15) is 137 Å². The molecule has 0 N–H and O–H groups in total. The van der Waals surface area contributed by atoms with Crippen molar-refractivity contribution in [2.75, 3.05) is 0 Å². The van der Waals surface area contributed by atoms with E-state index in [1.54, 1.807) is 57.8 Å². The van der Waals surface area contributed by atoms with E-state index in [1.165, 1.54) is 44.9 Å². The average molecular weight is 429 g/mol. The Bertz CT molecular complexity index is 535. The number of hydrogen-bond donors (Lipinski definition) is 0. The summed E-state index contributed by atoms with van der Waals surface area (Å²) in [6.45, 7) is 12.6. The van der Waals surface area contributed by atoms with E-state index in [0.717, 1.165) is 53.3 Å². The smallest absolute Gasteiger partial charge is 0.0326 e. The first-order valence-corrected chi connectivity index (χ1v) is 14.9. The van der Waals surface area contributed by atoms with Crippen molar-refractivity contribution >= 4 is 0 Å². The normalized spacial score (nSPS) is 42.9. The van der Waals surface area contributed by atoms with Crippen molar-refractivity contribution in [2.45, 2.75) is 137 Å². The molecule has 4 fully saturated rings. The molecular weight excluding hydrogens is 372 g/mol. The second-order valence-corrected chi connectivity index (χ2v) is 14.1. The summed E-state index contributed by atoms with van der Waals surface area (Å²) in [5.41, 5.74) is 0.512. The molecule has 0 heterocycles. The van der Waals surface area contributed by atoms with Crippen molar-refractivity contribution in [1.29, 1.82) is 0 Å². The van der Waals surface area contributed by atoms with Crippen molar-refractivity contribution < 1.29 is 0 Å². The van der Waals surface area contributed by atoms with Crippen LogP contribution in [0.5, 0.6) is 0 Å². The summed E-state index contributed by atoms with van der Waals surface area (Å²) < 4.78 is 0. The summed E-state index contributed by atoms with van der Waals surface area (Å²) in [5.74, 6) is 9.44. The molecule has 0 radical (unpaired) electrons. The van der Waals surface area contributed by atoms with E-state index in [0.29, 0.717) is 5.41 Å². The van der Waals surface area contributed by atoms with Gasteiger partial charge < -0.3 is 0 Å². The predicted molar refractivity (Wildman–Crippen MR) is 136 cm³/mol. The second-order valence-electron chi connectivity index (χ2n) is 14.1. The van der Waals surface area contributed by atoms with Crippen molar-refractivity contribution in [1.82, 2.24) is 0 Å². The fourth-order valence-electron chi connectivity index (χ4n) is 9.44. The van der Waals surface area contributed by atoms with E-state index < -0.39 is 0 Å². The van der Waals surface area contributed by atoms with Crippen LogP contribution in [-0.2, 0) is 0 Å². The molecule has 0 aromatic carbocycles. The van der Waals surface area contributed by atoms with Crippen LogP contribution in [0.25, 0.3) is 0 Å². The number of rotatable bonds is 6. The Kier molecular flexibility index (Phi) is 8.18. The zero-order chi connectivity index (χ0) is 22.0. The lowest BCUT2D eigenvalue weighted by molar-refractivity contribution is 0.0532. The minimum atomic E-state index is 0.512. The van der Waals surface area contributed by atoms with Gasteiger partial charge in [0, 0.05) is 0 Å². The molecule has 0 nitrogen and oxygen atoms in total. The van der Waals surface area contributed by atoms with Gasteiger partial charge in [-0.25, -0.2) is 0 Å². The Balaban J connectivity index is 1.49. The van der Waals surface area contributed by atoms with Crippen LogP contribution in [0.4, 0.5) is 0 Å². The van der Waals surface area contributed by atoms with Crippen LogP contribution in [0.2, 0.25) is 0 Å². The molecule has 4 rings (SSSR count). The molecule has 180 valence electrons. The van der Waals surface area contributed by atoms with E-state index in [2.05, 4.69) is 34.6 Å². The van der Waals surface area contributed by atoms with Gasteiger partial charge in [-0.1, -0.05) is 92.4 Å². The molecule has 4 aliphatic carbocycles. The third kappa shape index (κ3) is 5.74. The van der Waals surface area contributed by atoms with Gasteiger partial charge in [0.2, 0.25) is 0 Å². The van der Waals surface area contributed by atoms with Crippen LogP contribution < -0.4 is 0 Å². The van der Waals surface area contributed by atoms with Gasteiger partial charge in [0.05, 0.1) is 0 Å². The lowest BCUT2D eigenvalue weighted by Crippen LogP contribution is -2.36. The van der Waals surface area contributed by atoms with Gasteiger partial charge in [-0.3, -0.25) is 0 Å². The molecule has 0 saturated heterocycles. The van der Waals surface area contributed by atoms with Gasteiger partial charge in [0.1, 0.15) is 0 Å². The Morgan fingerprint density at radius 2 is 1.45 bits per heavy atom. The zero-order valence-corrected chi connectivity index (χ0v) is 22.0. The molecule has 8 unspecified atom stereocenters. The molecule has 0 aliphatic heterocycles. The molecule has 0 amide bonds. The first kappa shape index (κ1) is 24.1. The first-order chi connectivity index (χ1) is 14.9. The molecule has 4 saturated carbocycles. The van der Waals surface area contributed by atoms with Crippen LogP contribution in [0.15, 0.2) is 0 Å². The van der Waals surface area contributed by atoms with Crippen molar-refractivity contribution in [3.05, 3.63) is 0 Å². The maximum absolute atomic E-state index is 2.56. The third-order valence-electron chi connectivity index (χ3n) is 11.1. The van der Waals surface area contributed by atoms with Gasteiger partial charge in [-0.05, 0) is 104 Å². The fraction of sp³-hybridized carbons (Fsp3) is 1.00. The quantitative estimate of drug-likeness (QED) is 0.395. The second kappa shape index (κ2) is 10.5. The van der Waals surface area contributed by atoms with Gasteiger partial charge in [0.15, 0.2) is 0 Å². The standard InChI is InChI=1S/C31H56/c1-6-24-19-22(2)20-29(24)28-18-17-25(16-15-23-11-8-7-9-12-23)30(28)26-13-10-14-27(21-26)31(3,4)5/h22-30H,6-21H2,1-5H3. The van der Waals surface area contributed by atoms with Crippen molar-refractivity contribution in [3.63, 3.8) is 0 Å². The molecule has 4 aliphatic rings. The van der Waals surface area contributed by atoms with Gasteiger partial charge >= 0.3 is 0 Å². The maximum atomic E-state index is 2.56. The van der Waals surface area contributed by atoms with Crippen LogP contribution in [0, 0.1) is 58.7 Å². The molecule has 0 heteroatoms. The Hall–Kier alpha value is 0. The lowest BCUT2D eigenvalue weighted by atomic mass is 9.61.